The summed E-state index contributed by atoms with van der Waals surface area (Å²) in [5.41, 5.74) is 1.02. The number of carbonyl (C=O) groups excluding carboxylic acids is 1. The van der Waals surface area contributed by atoms with Gasteiger partial charge in [0.1, 0.15) is 17.3 Å². The predicted octanol–water partition coefficient (Wildman–Crippen LogP) is 2.26. The molecule has 2 rings (SSSR count). The number of aliphatic hydroxyl groups is 1. The molecule has 3 N–H and O–H groups in total. The minimum atomic E-state index is -1.56. The minimum absolute atomic E-state index is 0.00501. The average Bonchev–Trinajstić information content (AvgIpc) is 2.58. The highest BCUT2D eigenvalue weighted by molar-refractivity contribution is 9.10. The molecule has 8 heteroatoms. The van der Waals surface area contributed by atoms with Gasteiger partial charge in [-0.2, -0.15) is 0 Å². The largest absolute Gasteiger partial charge is 0.480 e. The van der Waals surface area contributed by atoms with E-state index in [1.807, 2.05) is 6.07 Å². The van der Waals surface area contributed by atoms with Crippen LogP contribution in [0.5, 0.6) is 0 Å². The molecule has 24 heavy (non-hydrogen) atoms. The van der Waals surface area contributed by atoms with Gasteiger partial charge in [0.25, 0.3) is 0 Å². The molecule has 1 aromatic heterocycles. The molecule has 2 aromatic rings. The Kier molecular flexibility index (Phi) is 6.28. The van der Waals surface area contributed by atoms with Crippen molar-refractivity contribution in [2.24, 2.45) is 0 Å². The van der Waals surface area contributed by atoms with Crippen molar-refractivity contribution < 1.29 is 24.5 Å². The van der Waals surface area contributed by atoms with Crippen molar-refractivity contribution in [3.05, 3.63) is 64.4 Å². The fourth-order valence-corrected chi connectivity index (χ4v) is 2.16. The molecule has 0 bridgehead atoms. The maximum absolute atomic E-state index is 11.8. The van der Waals surface area contributed by atoms with E-state index in [9.17, 15) is 19.8 Å². The van der Waals surface area contributed by atoms with Crippen LogP contribution >= 0.6 is 15.9 Å². The lowest BCUT2D eigenvalue weighted by molar-refractivity contribution is -0.142. The molecule has 2 atom stereocenters. The molecule has 0 aliphatic rings. The van der Waals surface area contributed by atoms with Crippen molar-refractivity contribution in [3.63, 3.8) is 0 Å². The molecule has 126 valence electrons. The van der Waals surface area contributed by atoms with E-state index in [-0.39, 0.29) is 12.2 Å². The third-order valence-corrected chi connectivity index (χ3v) is 3.63. The summed E-state index contributed by atoms with van der Waals surface area (Å²) in [7, 11) is 0. The van der Waals surface area contributed by atoms with Crippen LogP contribution in [0.25, 0.3) is 0 Å². The molecule has 0 saturated heterocycles. The topological polar surface area (TPSA) is 109 Å². The number of benzene rings is 1. The number of nitrogens with zero attached hydrogens (tertiary/aromatic N) is 1. The van der Waals surface area contributed by atoms with Crippen molar-refractivity contribution in [3.8, 4) is 0 Å². The molecule has 1 amide bonds. The third-order valence-electron chi connectivity index (χ3n) is 3.16. The van der Waals surface area contributed by atoms with Gasteiger partial charge in [0.05, 0.1) is 0 Å². The van der Waals surface area contributed by atoms with Gasteiger partial charge in [0.2, 0.25) is 0 Å². The van der Waals surface area contributed by atoms with Gasteiger partial charge >= 0.3 is 12.1 Å². The number of carboxylic acid groups (broad SMARTS) is 1. The van der Waals surface area contributed by atoms with E-state index in [1.165, 1.54) is 12.3 Å². The normalized spacial score (nSPS) is 12.9. The number of alkyl carbamates (subject to hydrolysis) is 1. The predicted molar refractivity (Wildman–Crippen MR) is 88.1 cm³/mol. The quantitative estimate of drug-likeness (QED) is 0.648. The maximum Gasteiger partial charge on any atom is 0.408 e. The first-order valence-electron chi connectivity index (χ1n) is 6.97. The van der Waals surface area contributed by atoms with Crippen LogP contribution in [0.2, 0.25) is 0 Å². The molecule has 0 unspecified atom stereocenters. The third kappa shape index (κ3) is 5.04. The number of rotatable bonds is 6. The number of hydrogen-bond acceptors (Lipinski definition) is 5. The fourth-order valence-electron chi connectivity index (χ4n) is 1.92. The number of pyridine rings is 1. The summed E-state index contributed by atoms with van der Waals surface area (Å²) >= 11 is 3.14. The lowest BCUT2D eigenvalue weighted by Crippen LogP contribution is -2.45. The van der Waals surface area contributed by atoms with Gasteiger partial charge in [-0.3, -0.25) is 0 Å². The van der Waals surface area contributed by atoms with Gasteiger partial charge in [-0.1, -0.05) is 36.4 Å². The minimum Gasteiger partial charge on any atom is -0.480 e. The molecule has 0 fully saturated rings. The van der Waals surface area contributed by atoms with Crippen LogP contribution in [0.15, 0.2) is 53.3 Å². The van der Waals surface area contributed by atoms with E-state index in [2.05, 4.69) is 26.2 Å². The Morgan fingerprint density at radius 1 is 1.21 bits per heavy atom. The number of amides is 1. The maximum atomic E-state index is 11.8. The first-order valence-corrected chi connectivity index (χ1v) is 7.76. The van der Waals surface area contributed by atoms with Crippen LogP contribution in [-0.4, -0.2) is 33.3 Å². The van der Waals surface area contributed by atoms with Gasteiger partial charge in [0, 0.05) is 11.8 Å². The van der Waals surface area contributed by atoms with Crippen LogP contribution in [0.4, 0.5) is 4.79 Å². The Bertz CT molecular complexity index is 693. The number of aromatic nitrogens is 1. The smallest absolute Gasteiger partial charge is 0.408 e. The summed E-state index contributed by atoms with van der Waals surface area (Å²) < 4.78 is 5.51. The van der Waals surface area contributed by atoms with Crippen molar-refractivity contribution in [1.82, 2.24) is 10.3 Å². The van der Waals surface area contributed by atoms with Gasteiger partial charge in [-0.15, -0.1) is 0 Å². The standard InChI is InChI=1S/C16H15BrN2O5/c17-12-7-6-11(8-18-12)14(20)13(15(21)22)19-16(23)24-9-10-4-2-1-3-5-10/h1-8,13-14,20H,9H2,(H,19,23)(H,21,22)/t13-,14-/m1/s1. The van der Waals surface area contributed by atoms with Crippen LogP contribution in [0, 0.1) is 0 Å². The summed E-state index contributed by atoms with van der Waals surface area (Å²) in [6.07, 6.45) is -1.08. The first kappa shape index (κ1) is 17.9. The number of halogens is 1. The highest BCUT2D eigenvalue weighted by Gasteiger charge is 2.30. The molecule has 7 nitrogen and oxygen atoms in total. The molecular formula is C16H15BrN2O5. The van der Waals surface area contributed by atoms with Crippen LogP contribution in [0.1, 0.15) is 17.2 Å². The number of carboxylic acids is 1. The zero-order valence-electron chi connectivity index (χ0n) is 12.4. The average molecular weight is 395 g/mol. The molecule has 0 saturated carbocycles. The SMILES string of the molecule is O=C(N[C@@H](C(=O)O)[C@H](O)c1ccc(Br)nc1)OCc1ccccc1. The number of ether oxygens (including phenoxy) is 1. The van der Waals surface area contributed by atoms with Crippen LogP contribution < -0.4 is 5.32 Å². The number of aliphatic carboxylic acids is 1. The van der Waals surface area contributed by atoms with Gasteiger partial charge in [0.15, 0.2) is 6.04 Å². The lowest BCUT2D eigenvalue weighted by atomic mass is 10.0. The Balaban J connectivity index is 1.98. The van der Waals surface area contributed by atoms with Crippen molar-refractivity contribution in [2.75, 3.05) is 0 Å². The van der Waals surface area contributed by atoms with Gasteiger partial charge in [-0.25, -0.2) is 14.6 Å². The molecule has 0 radical (unpaired) electrons. The Morgan fingerprint density at radius 2 is 1.92 bits per heavy atom. The summed E-state index contributed by atoms with van der Waals surface area (Å²) in [6, 6.07) is 10.5. The second-order valence-electron chi connectivity index (χ2n) is 4.88. The van der Waals surface area contributed by atoms with E-state index in [0.717, 1.165) is 5.56 Å². The van der Waals surface area contributed by atoms with Gasteiger partial charge in [-0.05, 0) is 27.6 Å². The molecule has 1 aromatic carbocycles. The first-order chi connectivity index (χ1) is 11.5. The number of hydrogen-bond donors (Lipinski definition) is 3. The number of aliphatic hydroxyl groups excluding tert-OH is 1. The Hall–Kier alpha value is -2.45. The molecule has 0 spiro atoms. The summed E-state index contributed by atoms with van der Waals surface area (Å²) in [5.74, 6) is -1.39. The Morgan fingerprint density at radius 3 is 2.50 bits per heavy atom. The van der Waals surface area contributed by atoms with E-state index in [4.69, 9.17) is 4.74 Å². The monoisotopic (exact) mass is 394 g/mol. The fraction of sp³-hybridized carbons (Fsp3) is 0.188. The summed E-state index contributed by atoms with van der Waals surface area (Å²) in [6.45, 7) is -0.00501. The molecular weight excluding hydrogens is 380 g/mol. The van der Waals surface area contributed by atoms with Gasteiger partial charge < -0.3 is 20.3 Å². The summed E-state index contributed by atoms with van der Waals surface area (Å²) in [4.78, 5) is 27.0. The van der Waals surface area contributed by atoms with E-state index in [1.54, 1.807) is 30.3 Å². The van der Waals surface area contributed by atoms with Crippen molar-refractivity contribution in [1.29, 1.82) is 0 Å². The molecule has 0 aliphatic heterocycles. The lowest BCUT2D eigenvalue weighted by Gasteiger charge is -2.20. The summed E-state index contributed by atoms with van der Waals surface area (Å²) in [5, 5.41) is 21.6. The van der Waals surface area contributed by atoms with Crippen molar-refractivity contribution >= 4 is 28.0 Å². The van der Waals surface area contributed by atoms with Crippen molar-refractivity contribution in [2.45, 2.75) is 18.8 Å². The highest BCUT2D eigenvalue weighted by Crippen LogP contribution is 2.18. The number of nitrogens with one attached hydrogen (secondary N) is 1. The van der Waals surface area contributed by atoms with E-state index in [0.29, 0.717) is 4.60 Å². The molecule has 1 heterocycles. The van der Waals surface area contributed by atoms with Crippen LogP contribution in [-0.2, 0) is 16.1 Å². The Labute approximate surface area is 146 Å². The number of carbonyl (C=O) groups is 2. The van der Waals surface area contributed by atoms with E-state index < -0.39 is 24.2 Å². The second kappa shape index (κ2) is 8.42. The van der Waals surface area contributed by atoms with Crippen LogP contribution in [0.3, 0.4) is 0 Å². The highest BCUT2D eigenvalue weighted by atomic mass is 79.9. The zero-order valence-corrected chi connectivity index (χ0v) is 14.0. The van der Waals surface area contributed by atoms with E-state index >= 15 is 0 Å². The second-order valence-corrected chi connectivity index (χ2v) is 5.69. The molecule has 0 aliphatic carbocycles. The zero-order chi connectivity index (χ0) is 17.5.